The van der Waals surface area contributed by atoms with E-state index >= 15 is 0 Å². The first-order chi connectivity index (χ1) is 6.86. The van der Waals surface area contributed by atoms with Crippen LogP contribution in [0, 0.1) is 0 Å². The molecule has 15 heavy (non-hydrogen) atoms. The molecule has 3 nitrogen and oxygen atoms in total. The molecule has 0 saturated carbocycles. The molecule has 0 heterocycles. The molecule has 1 aromatic rings. The second-order valence-electron chi connectivity index (χ2n) is 3.07. The summed E-state index contributed by atoms with van der Waals surface area (Å²) in [5, 5.41) is 18.2. The van der Waals surface area contributed by atoms with Gasteiger partial charge in [0.25, 0.3) is 0 Å². The summed E-state index contributed by atoms with van der Waals surface area (Å²) in [4.78, 5) is 0. The number of aromatic hydroxyl groups is 2. The van der Waals surface area contributed by atoms with Crippen LogP contribution in [0.15, 0.2) is 18.2 Å². The number of alkyl halides is 3. The predicted octanol–water partition coefficient (Wildman–Crippen LogP) is 1.70. The Morgan fingerprint density at radius 1 is 1.27 bits per heavy atom. The van der Waals surface area contributed by atoms with Crippen molar-refractivity contribution in [2.75, 3.05) is 6.54 Å². The normalized spacial score (nSPS) is 13.9. The van der Waals surface area contributed by atoms with Crippen molar-refractivity contribution < 1.29 is 23.4 Å². The molecule has 1 rings (SSSR count). The molecule has 0 aliphatic rings. The van der Waals surface area contributed by atoms with Gasteiger partial charge in [-0.2, -0.15) is 13.2 Å². The first-order valence-electron chi connectivity index (χ1n) is 4.15. The van der Waals surface area contributed by atoms with Gasteiger partial charge in [0, 0.05) is 18.2 Å². The first kappa shape index (κ1) is 11.6. The van der Waals surface area contributed by atoms with E-state index in [4.69, 9.17) is 10.8 Å². The van der Waals surface area contributed by atoms with Crippen LogP contribution in [0.5, 0.6) is 11.5 Å². The summed E-state index contributed by atoms with van der Waals surface area (Å²) in [6.07, 6.45) is -4.51. The van der Waals surface area contributed by atoms with Crippen LogP contribution < -0.4 is 5.73 Å². The van der Waals surface area contributed by atoms with E-state index in [1.54, 1.807) is 0 Å². The number of hydrogen-bond acceptors (Lipinski definition) is 3. The van der Waals surface area contributed by atoms with Gasteiger partial charge in [-0.1, -0.05) is 6.07 Å². The molecular formula is C9H10F3NO2. The minimum absolute atomic E-state index is 0.297. The Balaban J connectivity index is 3.13. The zero-order valence-corrected chi connectivity index (χ0v) is 7.62. The number of hydrogen-bond donors (Lipinski definition) is 3. The summed E-state index contributed by atoms with van der Waals surface area (Å²) >= 11 is 0. The Labute approximate surface area is 84.0 Å². The molecule has 1 atom stereocenters. The summed E-state index contributed by atoms with van der Waals surface area (Å²) in [7, 11) is 0. The summed E-state index contributed by atoms with van der Waals surface area (Å²) < 4.78 is 37.3. The molecule has 1 unspecified atom stereocenters. The molecule has 1 aromatic carbocycles. The van der Waals surface area contributed by atoms with Gasteiger partial charge in [-0.05, 0) is 6.07 Å². The maximum Gasteiger partial charge on any atom is 0.397 e. The Morgan fingerprint density at radius 2 is 1.87 bits per heavy atom. The maximum absolute atomic E-state index is 12.4. The Kier molecular flexibility index (Phi) is 3.09. The highest BCUT2D eigenvalue weighted by atomic mass is 19.4. The molecule has 0 saturated heterocycles. The molecule has 4 N–H and O–H groups in total. The standard InChI is InChI=1S/C9H10F3NO2/c10-9(11,12)7(4-13)6-2-1-5(14)3-8(6)15/h1-3,7,14-15H,4,13H2. The largest absolute Gasteiger partial charge is 0.508 e. The lowest BCUT2D eigenvalue weighted by Gasteiger charge is -2.19. The third kappa shape index (κ3) is 2.53. The van der Waals surface area contributed by atoms with Crippen molar-refractivity contribution in [2.45, 2.75) is 12.1 Å². The van der Waals surface area contributed by atoms with Crippen LogP contribution in [0.2, 0.25) is 0 Å². The molecule has 0 spiro atoms. The fourth-order valence-electron chi connectivity index (χ4n) is 1.26. The van der Waals surface area contributed by atoms with Gasteiger partial charge in [0.15, 0.2) is 0 Å². The molecular weight excluding hydrogens is 211 g/mol. The summed E-state index contributed by atoms with van der Waals surface area (Å²) in [5.41, 5.74) is 4.67. The quantitative estimate of drug-likeness (QED) is 0.712. The van der Waals surface area contributed by atoms with Gasteiger partial charge in [-0.15, -0.1) is 0 Å². The second-order valence-corrected chi connectivity index (χ2v) is 3.07. The lowest BCUT2D eigenvalue weighted by molar-refractivity contribution is -0.148. The van der Waals surface area contributed by atoms with Crippen molar-refractivity contribution in [3.05, 3.63) is 23.8 Å². The molecule has 0 aromatic heterocycles. The number of phenolic OH excluding ortho intramolecular Hbond substituents is 2. The molecule has 84 valence electrons. The van der Waals surface area contributed by atoms with Gasteiger partial charge in [0.1, 0.15) is 11.5 Å². The van der Waals surface area contributed by atoms with Crippen LogP contribution in [-0.2, 0) is 0 Å². The highest BCUT2D eigenvalue weighted by molar-refractivity contribution is 5.41. The van der Waals surface area contributed by atoms with Crippen molar-refractivity contribution in [2.24, 2.45) is 5.73 Å². The maximum atomic E-state index is 12.4. The highest BCUT2D eigenvalue weighted by Gasteiger charge is 2.40. The van der Waals surface area contributed by atoms with E-state index in [0.29, 0.717) is 0 Å². The van der Waals surface area contributed by atoms with Crippen molar-refractivity contribution >= 4 is 0 Å². The molecule has 6 heteroatoms. The SMILES string of the molecule is NCC(c1ccc(O)cc1O)C(F)(F)F. The minimum atomic E-state index is -4.51. The summed E-state index contributed by atoms with van der Waals surface area (Å²) in [5.74, 6) is -2.82. The van der Waals surface area contributed by atoms with Crippen LogP contribution in [0.4, 0.5) is 13.2 Å². The van der Waals surface area contributed by atoms with E-state index in [-0.39, 0.29) is 11.3 Å². The number of benzene rings is 1. The molecule has 0 radical (unpaired) electrons. The van der Waals surface area contributed by atoms with E-state index in [1.165, 1.54) is 0 Å². The lowest BCUT2D eigenvalue weighted by atomic mass is 9.97. The van der Waals surface area contributed by atoms with Crippen molar-refractivity contribution in [3.8, 4) is 11.5 Å². The average Bonchev–Trinajstić information content (AvgIpc) is 2.07. The predicted molar refractivity (Wildman–Crippen MR) is 47.6 cm³/mol. The van der Waals surface area contributed by atoms with Gasteiger partial charge in [0.2, 0.25) is 0 Å². The third-order valence-electron chi connectivity index (χ3n) is 2.02. The zero-order chi connectivity index (χ0) is 11.6. The minimum Gasteiger partial charge on any atom is -0.508 e. The number of rotatable bonds is 2. The lowest BCUT2D eigenvalue weighted by Crippen LogP contribution is -2.28. The van der Waals surface area contributed by atoms with E-state index in [2.05, 4.69) is 0 Å². The Bertz CT molecular complexity index is 352. The fourth-order valence-corrected chi connectivity index (χ4v) is 1.26. The van der Waals surface area contributed by atoms with Crippen molar-refractivity contribution in [3.63, 3.8) is 0 Å². The van der Waals surface area contributed by atoms with Gasteiger partial charge in [-0.25, -0.2) is 0 Å². The van der Waals surface area contributed by atoms with Gasteiger partial charge < -0.3 is 15.9 Å². The van der Waals surface area contributed by atoms with Gasteiger partial charge in [0.05, 0.1) is 5.92 Å². The molecule has 0 amide bonds. The second kappa shape index (κ2) is 3.98. The van der Waals surface area contributed by atoms with Gasteiger partial charge in [-0.3, -0.25) is 0 Å². The number of phenols is 2. The fraction of sp³-hybridized carbons (Fsp3) is 0.333. The van der Waals surface area contributed by atoms with Gasteiger partial charge >= 0.3 is 6.18 Å². The Hall–Kier alpha value is -1.43. The van der Waals surface area contributed by atoms with E-state index in [0.717, 1.165) is 18.2 Å². The van der Waals surface area contributed by atoms with Crippen LogP contribution >= 0.6 is 0 Å². The third-order valence-corrected chi connectivity index (χ3v) is 2.02. The summed E-state index contributed by atoms with van der Waals surface area (Å²) in [6.45, 7) is -0.651. The summed E-state index contributed by atoms with van der Waals surface area (Å²) in [6, 6.07) is 2.93. The number of halogens is 3. The molecule has 0 bridgehead atoms. The monoisotopic (exact) mass is 221 g/mol. The van der Waals surface area contributed by atoms with Crippen LogP contribution in [0.25, 0.3) is 0 Å². The molecule has 0 aliphatic heterocycles. The Morgan fingerprint density at radius 3 is 2.27 bits per heavy atom. The topological polar surface area (TPSA) is 66.5 Å². The van der Waals surface area contributed by atoms with Crippen LogP contribution in [-0.4, -0.2) is 22.9 Å². The zero-order valence-electron chi connectivity index (χ0n) is 7.62. The van der Waals surface area contributed by atoms with Crippen LogP contribution in [0.3, 0.4) is 0 Å². The van der Waals surface area contributed by atoms with E-state index in [9.17, 15) is 18.3 Å². The van der Waals surface area contributed by atoms with E-state index < -0.39 is 24.4 Å². The van der Waals surface area contributed by atoms with E-state index in [1.807, 2.05) is 0 Å². The first-order valence-corrected chi connectivity index (χ1v) is 4.15. The smallest absolute Gasteiger partial charge is 0.397 e. The number of nitrogens with two attached hydrogens (primary N) is 1. The average molecular weight is 221 g/mol. The molecule has 0 fully saturated rings. The highest BCUT2D eigenvalue weighted by Crippen LogP contribution is 2.38. The van der Waals surface area contributed by atoms with Crippen molar-refractivity contribution in [1.29, 1.82) is 0 Å². The van der Waals surface area contributed by atoms with Crippen LogP contribution in [0.1, 0.15) is 11.5 Å². The van der Waals surface area contributed by atoms with Crippen molar-refractivity contribution in [1.82, 2.24) is 0 Å². The molecule has 0 aliphatic carbocycles.